The third-order valence-electron chi connectivity index (χ3n) is 1.86. The van der Waals surface area contributed by atoms with Gasteiger partial charge in [0.25, 0.3) is 0 Å². The van der Waals surface area contributed by atoms with Crippen LogP contribution < -0.4 is 0 Å². The first-order valence-electron chi connectivity index (χ1n) is 4.86. The molecule has 0 heterocycles. The Kier molecular flexibility index (Phi) is 10.1. The van der Waals surface area contributed by atoms with Crippen LogP contribution >= 0.6 is 11.6 Å². The minimum atomic E-state index is -0.647. The first kappa shape index (κ1) is 12.6. The maximum absolute atomic E-state index is 5.61. The third kappa shape index (κ3) is 7.25. The van der Waals surface area contributed by atoms with Crippen LogP contribution in [0.1, 0.15) is 39.5 Å². The SMILES string of the molecule is CCCC[As](C=CCl)CCCC. The number of hydrogen-bond acceptors (Lipinski definition) is 0. The molecule has 0 aliphatic rings. The fourth-order valence-electron chi connectivity index (χ4n) is 1.06. The summed E-state index contributed by atoms with van der Waals surface area (Å²) in [7, 11) is 0. The molecule has 0 aromatic rings. The molecule has 0 aliphatic heterocycles. The zero-order valence-electron chi connectivity index (χ0n) is 8.22. The van der Waals surface area contributed by atoms with Crippen LogP contribution in [0.4, 0.5) is 0 Å². The Hall–Kier alpha value is 0.588. The van der Waals surface area contributed by atoms with Crippen molar-refractivity contribution in [1.29, 1.82) is 0 Å². The molecule has 0 nitrogen and oxygen atoms in total. The van der Waals surface area contributed by atoms with Gasteiger partial charge in [-0.25, -0.2) is 0 Å². The van der Waals surface area contributed by atoms with Crippen molar-refractivity contribution in [2.45, 2.75) is 49.9 Å². The quantitative estimate of drug-likeness (QED) is 0.589. The molecule has 0 saturated carbocycles. The summed E-state index contributed by atoms with van der Waals surface area (Å²) in [5, 5.41) is 2.90. The van der Waals surface area contributed by atoms with Crippen molar-refractivity contribution in [3.8, 4) is 0 Å². The van der Waals surface area contributed by atoms with Gasteiger partial charge in [-0.1, -0.05) is 0 Å². The summed E-state index contributed by atoms with van der Waals surface area (Å²) < 4.78 is 0. The molecule has 0 amide bonds. The standard InChI is InChI=1S/C10H20AsCl/c1-3-5-7-11(9-10-12)8-6-4-2/h9-10H,3-8H2,1-2H3. The number of rotatable bonds is 7. The van der Waals surface area contributed by atoms with Crippen LogP contribution in [-0.4, -0.2) is 14.7 Å². The van der Waals surface area contributed by atoms with Gasteiger partial charge < -0.3 is 0 Å². The van der Waals surface area contributed by atoms with E-state index in [1.165, 1.54) is 36.1 Å². The molecule has 0 saturated heterocycles. The fourth-order valence-corrected chi connectivity index (χ4v) is 6.35. The van der Waals surface area contributed by atoms with Crippen molar-refractivity contribution in [2.24, 2.45) is 0 Å². The van der Waals surface area contributed by atoms with Gasteiger partial charge in [-0.15, -0.1) is 0 Å². The Morgan fingerprint density at radius 2 is 1.58 bits per heavy atom. The molecule has 0 aliphatic carbocycles. The Bertz CT molecular complexity index is 104. The zero-order valence-corrected chi connectivity index (χ0v) is 10.9. The van der Waals surface area contributed by atoms with Crippen molar-refractivity contribution in [3.05, 3.63) is 10.4 Å². The van der Waals surface area contributed by atoms with E-state index in [0.717, 1.165) is 0 Å². The topological polar surface area (TPSA) is 0 Å². The maximum atomic E-state index is 5.61. The average Bonchev–Trinajstić information content (AvgIpc) is 2.10. The second-order valence-corrected chi connectivity index (χ2v) is 8.24. The zero-order chi connectivity index (χ0) is 9.23. The third-order valence-corrected chi connectivity index (χ3v) is 7.31. The molecule has 72 valence electrons. The molecular weight excluding hydrogens is 230 g/mol. The molecule has 0 rings (SSSR count). The van der Waals surface area contributed by atoms with Crippen molar-refractivity contribution in [2.75, 3.05) is 0 Å². The summed E-state index contributed by atoms with van der Waals surface area (Å²) in [4.78, 5) is 2.29. The fraction of sp³-hybridized carbons (Fsp3) is 0.800. The summed E-state index contributed by atoms with van der Waals surface area (Å²) in [6.45, 7) is 4.52. The predicted molar refractivity (Wildman–Crippen MR) is 60.2 cm³/mol. The van der Waals surface area contributed by atoms with E-state index in [0.29, 0.717) is 0 Å². The number of hydrogen-bond donors (Lipinski definition) is 0. The molecule has 0 radical (unpaired) electrons. The van der Waals surface area contributed by atoms with Crippen molar-refractivity contribution in [3.63, 3.8) is 0 Å². The van der Waals surface area contributed by atoms with Crippen LogP contribution in [0.15, 0.2) is 10.4 Å². The van der Waals surface area contributed by atoms with Crippen LogP contribution in [0, 0.1) is 0 Å². The summed E-state index contributed by atoms with van der Waals surface area (Å²) in [5.74, 6) is 0. The second kappa shape index (κ2) is 9.67. The normalized spacial score (nSPS) is 11.7. The molecule has 0 aromatic carbocycles. The van der Waals surface area contributed by atoms with E-state index in [9.17, 15) is 0 Å². The molecule has 0 atom stereocenters. The molecule has 0 unspecified atom stereocenters. The Labute approximate surface area is 86.6 Å². The molecule has 12 heavy (non-hydrogen) atoms. The summed E-state index contributed by atoms with van der Waals surface area (Å²) in [6, 6.07) is 0. The Morgan fingerprint density at radius 3 is 1.92 bits per heavy atom. The van der Waals surface area contributed by atoms with Crippen molar-refractivity contribution in [1.82, 2.24) is 0 Å². The van der Waals surface area contributed by atoms with Gasteiger partial charge in [0, 0.05) is 0 Å². The summed E-state index contributed by atoms with van der Waals surface area (Å²) in [5.41, 5.74) is 1.74. The van der Waals surface area contributed by atoms with Crippen LogP contribution in [0.5, 0.6) is 0 Å². The first-order valence-corrected chi connectivity index (χ1v) is 9.03. The van der Waals surface area contributed by atoms with Crippen molar-refractivity contribution >= 4 is 26.3 Å². The molecule has 0 bridgehead atoms. The van der Waals surface area contributed by atoms with E-state index in [1.54, 1.807) is 5.54 Å². The molecule has 0 fully saturated rings. The van der Waals surface area contributed by atoms with Crippen LogP contribution in [0.3, 0.4) is 0 Å². The minimum absolute atomic E-state index is 0.647. The predicted octanol–water partition coefficient (Wildman–Crippen LogP) is 4.37. The van der Waals surface area contributed by atoms with E-state index < -0.39 is 14.7 Å². The van der Waals surface area contributed by atoms with Crippen LogP contribution in [0.2, 0.25) is 10.4 Å². The molecule has 0 aromatic heterocycles. The van der Waals surface area contributed by atoms with Gasteiger partial charge in [0.05, 0.1) is 0 Å². The van der Waals surface area contributed by atoms with Gasteiger partial charge in [-0.3, -0.25) is 0 Å². The van der Waals surface area contributed by atoms with Gasteiger partial charge in [0.1, 0.15) is 0 Å². The monoisotopic (exact) mass is 250 g/mol. The van der Waals surface area contributed by atoms with Crippen LogP contribution in [-0.2, 0) is 0 Å². The van der Waals surface area contributed by atoms with Gasteiger partial charge in [0.15, 0.2) is 0 Å². The van der Waals surface area contributed by atoms with E-state index in [4.69, 9.17) is 11.6 Å². The molecule has 0 N–H and O–H groups in total. The Balaban J connectivity index is 3.54. The van der Waals surface area contributed by atoms with Gasteiger partial charge in [-0.05, 0) is 0 Å². The molecule has 2 heteroatoms. The summed E-state index contributed by atoms with van der Waals surface area (Å²) >= 11 is 4.96. The molecule has 0 spiro atoms. The van der Waals surface area contributed by atoms with E-state index >= 15 is 0 Å². The van der Waals surface area contributed by atoms with Gasteiger partial charge in [0.2, 0.25) is 0 Å². The molecular formula is C10H20AsCl. The second-order valence-electron chi connectivity index (χ2n) is 3.02. The number of halogens is 1. The van der Waals surface area contributed by atoms with E-state index in [2.05, 4.69) is 18.7 Å². The van der Waals surface area contributed by atoms with E-state index in [-0.39, 0.29) is 0 Å². The van der Waals surface area contributed by atoms with Gasteiger partial charge >= 0.3 is 86.6 Å². The average molecular weight is 251 g/mol. The summed E-state index contributed by atoms with van der Waals surface area (Å²) in [6.07, 6.45) is 5.44. The first-order chi connectivity index (χ1) is 5.85. The van der Waals surface area contributed by atoms with Crippen LogP contribution in [0.25, 0.3) is 0 Å². The van der Waals surface area contributed by atoms with Gasteiger partial charge in [-0.2, -0.15) is 0 Å². The van der Waals surface area contributed by atoms with Crippen molar-refractivity contribution < 1.29 is 0 Å². The number of unbranched alkanes of at least 4 members (excludes halogenated alkanes) is 2. The van der Waals surface area contributed by atoms with E-state index in [1.807, 2.05) is 0 Å². The Morgan fingerprint density at radius 1 is 1.08 bits per heavy atom.